The molecule has 19 heavy (non-hydrogen) atoms. The van der Waals surface area contributed by atoms with E-state index in [-0.39, 0.29) is 0 Å². The summed E-state index contributed by atoms with van der Waals surface area (Å²) in [5, 5.41) is 4.50. The molecule has 108 valence electrons. The lowest BCUT2D eigenvalue weighted by atomic mass is 9.86. The third-order valence-electron chi connectivity index (χ3n) is 4.17. The molecule has 0 saturated carbocycles. The van der Waals surface area contributed by atoms with E-state index in [0.717, 1.165) is 13.1 Å². The highest BCUT2D eigenvalue weighted by Gasteiger charge is 2.32. The van der Waals surface area contributed by atoms with Gasteiger partial charge in [-0.05, 0) is 58.7 Å². The quantitative estimate of drug-likeness (QED) is 0.889. The van der Waals surface area contributed by atoms with Crippen molar-refractivity contribution in [2.24, 2.45) is 11.7 Å². The molecule has 0 bridgehead atoms. The predicted octanol–water partition coefficient (Wildman–Crippen LogP) is 2.59. The van der Waals surface area contributed by atoms with Crippen LogP contribution < -0.4 is 5.73 Å². The first kappa shape index (κ1) is 14.5. The van der Waals surface area contributed by atoms with Crippen LogP contribution >= 0.6 is 0 Å². The second-order valence-corrected chi connectivity index (χ2v) is 5.97. The molecular weight excluding hydrogens is 236 g/mol. The summed E-state index contributed by atoms with van der Waals surface area (Å²) in [6.07, 6.45) is 7.98. The zero-order chi connectivity index (χ0) is 13.8. The molecule has 4 heteroatoms. The molecule has 0 spiro atoms. The molecule has 2 N–H and O–H groups in total. The van der Waals surface area contributed by atoms with E-state index in [0.29, 0.717) is 18.0 Å². The summed E-state index contributed by atoms with van der Waals surface area (Å²) in [5.74, 6) is 0.574. The number of nitrogens with two attached hydrogens (primary N) is 1. The predicted molar refractivity (Wildman–Crippen MR) is 79.0 cm³/mol. The van der Waals surface area contributed by atoms with E-state index >= 15 is 0 Å². The SMILES string of the molecule is CCCN1CCCC(CN)C1c1cnn(C(C)C)c1. The largest absolute Gasteiger partial charge is 0.330 e. The highest BCUT2D eigenvalue weighted by Crippen LogP contribution is 2.35. The van der Waals surface area contributed by atoms with Crippen molar-refractivity contribution in [3.8, 4) is 0 Å². The average molecular weight is 264 g/mol. The van der Waals surface area contributed by atoms with E-state index in [4.69, 9.17) is 5.73 Å². The van der Waals surface area contributed by atoms with Crippen LogP contribution in [0.2, 0.25) is 0 Å². The molecule has 1 saturated heterocycles. The molecule has 2 unspecified atom stereocenters. The van der Waals surface area contributed by atoms with Crippen molar-refractivity contribution in [3.05, 3.63) is 18.0 Å². The Kier molecular flexibility index (Phi) is 4.99. The van der Waals surface area contributed by atoms with Crippen molar-refractivity contribution in [1.29, 1.82) is 0 Å². The molecule has 2 heterocycles. The fraction of sp³-hybridized carbons (Fsp3) is 0.800. The van der Waals surface area contributed by atoms with Crippen molar-refractivity contribution < 1.29 is 0 Å². The number of likely N-dealkylation sites (tertiary alicyclic amines) is 1. The number of hydrogen-bond donors (Lipinski definition) is 1. The molecule has 1 aliphatic rings. The fourth-order valence-electron chi connectivity index (χ4n) is 3.21. The maximum atomic E-state index is 6.00. The van der Waals surface area contributed by atoms with E-state index in [1.165, 1.54) is 31.4 Å². The maximum absolute atomic E-state index is 6.00. The smallest absolute Gasteiger partial charge is 0.0537 e. The Balaban J connectivity index is 2.23. The molecule has 2 rings (SSSR count). The van der Waals surface area contributed by atoms with Crippen LogP contribution in [0.5, 0.6) is 0 Å². The van der Waals surface area contributed by atoms with Gasteiger partial charge in [-0.3, -0.25) is 9.58 Å². The zero-order valence-electron chi connectivity index (χ0n) is 12.5. The van der Waals surface area contributed by atoms with Crippen LogP contribution in [0, 0.1) is 5.92 Å². The van der Waals surface area contributed by atoms with Gasteiger partial charge in [-0.1, -0.05) is 6.92 Å². The van der Waals surface area contributed by atoms with Gasteiger partial charge in [0.05, 0.1) is 6.20 Å². The van der Waals surface area contributed by atoms with Gasteiger partial charge in [-0.25, -0.2) is 0 Å². The van der Waals surface area contributed by atoms with Crippen molar-refractivity contribution in [3.63, 3.8) is 0 Å². The highest BCUT2D eigenvalue weighted by atomic mass is 15.3. The lowest BCUT2D eigenvalue weighted by Crippen LogP contribution is -2.41. The molecule has 1 aromatic heterocycles. The van der Waals surface area contributed by atoms with Gasteiger partial charge in [0.2, 0.25) is 0 Å². The molecule has 2 atom stereocenters. The van der Waals surface area contributed by atoms with Gasteiger partial charge in [0, 0.05) is 23.8 Å². The molecule has 1 fully saturated rings. The fourth-order valence-corrected chi connectivity index (χ4v) is 3.21. The summed E-state index contributed by atoms with van der Waals surface area (Å²) in [5.41, 5.74) is 7.35. The second-order valence-electron chi connectivity index (χ2n) is 5.97. The van der Waals surface area contributed by atoms with Crippen LogP contribution in [0.4, 0.5) is 0 Å². The third-order valence-corrected chi connectivity index (χ3v) is 4.17. The standard InChI is InChI=1S/C15H28N4/c1-4-7-18-8-5-6-13(9-16)15(18)14-10-17-19(11-14)12(2)3/h10-13,15H,4-9,16H2,1-3H3. The van der Waals surface area contributed by atoms with Gasteiger partial charge in [-0.2, -0.15) is 5.10 Å². The van der Waals surface area contributed by atoms with E-state index in [2.05, 4.69) is 41.6 Å². The molecule has 0 aliphatic carbocycles. The Morgan fingerprint density at radius 1 is 1.47 bits per heavy atom. The van der Waals surface area contributed by atoms with E-state index < -0.39 is 0 Å². The summed E-state index contributed by atoms with van der Waals surface area (Å²) in [6.45, 7) is 9.72. The van der Waals surface area contributed by atoms with E-state index in [9.17, 15) is 0 Å². The van der Waals surface area contributed by atoms with Gasteiger partial charge >= 0.3 is 0 Å². The van der Waals surface area contributed by atoms with Crippen LogP contribution in [0.15, 0.2) is 12.4 Å². The van der Waals surface area contributed by atoms with Gasteiger partial charge < -0.3 is 5.73 Å². The Morgan fingerprint density at radius 3 is 2.84 bits per heavy atom. The molecule has 1 aliphatic heterocycles. The number of piperidine rings is 1. The van der Waals surface area contributed by atoms with Crippen LogP contribution in [0.25, 0.3) is 0 Å². The molecule has 0 amide bonds. The maximum Gasteiger partial charge on any atom is 0.0537 e. The Hall–Kier alpha value is -0.870. The number of rotatable bonds is 5. The van der Waals surface area contributed by atoms with Crippen LogP contribution in [0.3, 0.4) is 0 Å². The van der Waals surface area contributed by atoms with Gasteiger partial charge in [0.1, 0.15) is 0 Å². The summed E-state index contributed by atoms with van der Waals surface area (Å²) >= 11 is 0. The third kappa shape index (κ3) is 3.18. The van der Waals surface area contributed by atoms with E-state index in [1.807, 2.05) is 6.20 Å². The minimum atomic E-state index is 0.424. The lowest BCUT2D eigenvalue weighted by Gasteiger charge is -2.40. The summed E-state index contributed by atoms with van der Waals surface area (Å²) in [7, 11) is 0. The Labute approximate surface area is 117 Å². The second kappa shape index (κ2) is 6.53. The van der Waals surface area contributed by atoms with Gasteiger partial charge in [0.25, 0.3) is 0 Å². The molecular formula is C15H28N4. The molecule has 0 radical (unpaired) electrons. The first-order chi connectivity index (χ1) is 9.17. The van der Waals surface area contributed by atoms with Crippen molar-refractivity contribution in [1.82, 2.24) is 14.7 Å². The number of nitrogens with zero attached hydrogens (tertiary/aromatic N) is 3. The summed E-state index contributed by atoms with van der Waals surface area (Å²) in [4.78, 5) is 2.60. The minimum absolute atomic E-state index is 0.424. The minimum Gasteiger partial charge on any atom is -0.330 e. The first-order valence-corrected chi connectivity index (χ1v) is 7.65. The van der Waals surface area contributed by atoms with E-state index in [1.54, 1.807) is 0 Å². The highest BCUT2D eigenvalue weighted by molar-refractivity contribution is 5.14. The van der Waals surface area contributed by atoms with Crippen LogP contribution in [0.1, 0.15) is 57.7 Å². The normalized spacial score (nSPS) is 25.1. The number of aromatic nitrogens is 2. The van der Waals surface area contributed by atoms with Crippen molar-refractivity contribution in [2.45, 2.75) is 52.1 Å². The van der Waals surface area contributed by atoms with Gasteiger partial charge in [0.15, 0.2) is 0 Å². The molecule has 1 aromatic rings. The lowest BCUT2D eigenvalue weighted by molar-refractivity contribution is 0.0959. The average Bonchev–Trinajstić information content (AvgIpc) is 2.88. The number of hydrogen-bond acceptors (Lipinski definition) is 3. The Bertz CT molecular complexity index is 383. The van der Waals surface area contributed by atoms with Gasteiger partial charge in [-0.15, -0.1) is 0 Å². The summed E-state index contributed by atoms with van der Waals surface area (Å²) < 4.78 is 2.06. The molecule has 4 nitrogen and oxygen atoms in total. The Morgan fingerprint density at radius 2 is 2.26 bits per heavy atom. The monoisotopic (exact) mass is 264 g/mol. The van der Waals surface area contributed by atoms with Crippen LogP contribution in [-0.2, 0) is 0 Å². The van der Waals surface area contributed by atoms with Crippen molar-refractivity contribution >= 4 is 0 Å². The topological polar surface area (TPSA) is 47.1 Å². The zero-order valence-corrected chi connectivity index (χ0v) is 12.5. The first-order valence-electron chi connectivity index (χ1n) is 7.65. The van der Waals surface area contributed by atoms with Crippen molar-refractivity contribution in [2.75, 3.05) is 19.6 Å². The summed E-state index contributed by atoms with van der Waals surface area (Å²) in [6, 6.07) is 0.888. The molecule has 0 aromatic carbocycles. The van der Waals surface area contributed by atoms with Crippen LogP contribution in [-0.4, -0.2) is 34.3 Å².